The maximum atomic E-state index is 13.9. The minimum absolute atomic E-state index is 0.133. The van der Waals surface area contributed by atoms with Gasteiger partial charge in [0.1, 0.15) is 17.3 Å². The maximum Gasteiger partial charge on any atom is 0.338 e. The second-order valence-electron chi connectivity index (χ2n) is 3.97. The van der Waals surface area contributed by atoms with Crippen LogP contribution in [0.2, 0.25) is 4.47 Å². The zero-order valence-electron chi connectivity index (χ0n) is 11.0. The van der Waals surface area contributed by atoms with E-state index < -0.39 is 17.6 Å². The van der Waals surface area contributed by atoms with Crippen molar-refractivity contribution in [3.05, 3.63) is 44.9 Å². The van der Waals surface area contributed by atoms with Crippen LogP contribution in [0.1, 0.15) is 22.2 Å². The van der Waals surface area contributed by atoms with Crippen LogP contribution < -0.4 is 5.32 Å². The molecule has 2 rings (SSSR count). The molecule has 1 N–H and O–H groups in total. The van der Waals surface area contributed by atoms with Crippen LogP contribution in [0, 0.1) is 11.6 Å². The van der Waals surface area contributed by atoms with Gasteiger partial charge in [0.05, 0.1) is 18.7 Å². The number of nitrogens with one attached hydrogen (secondary N) is 1. The first-order valence-corrected chi connectivity index (χ1v) is 7.21. The van der Waals surface area contributed by atoms with Gasteiger partial charge >= 0.3 is 5.97 Å². The Morgan fingerprint density at radius 2 is 2.10 bits per heavy atom. The summed E-state index contributed by atoms with van der Waals surface area (Å²) in [6.07, 6.45) is 1.52. The molecule has 0 spiro atoms. The molecule has 4 nitrogen and oxygen atoms in total. The normalized spacial score (nSPS) is 10.5. The van der Waals surface area contributed by atoms with E-state index in [-0.39, 0.29) is 24.4 Å². The smallest absolute Gasteiger partial charge is 0.338 e. The molecule has 1 aromatic heterocycles. The number of ether oxygens (including phenoxy) is 1. The Morgan fingerprint density at radius 3 is 2.62 bits per heavy atom. The fraction of sp³-hybridized carbons (Fsp3) is 0.231. The number of thiazole rings is 1. The van der Waals surface area contributed by atoms with E-state index in [1.807, 2.05) is 0 Å². The highest BCUT2D eigenvalue weighted by molar-refractivity contribution is 7.15. The van der Waals surface area contributed by atoms with E-state index in [1.165, 1.54) is 17.5 Å². The van der Waals surface area contributed by atoms with Gasteiger partial charge in [0.2, 0.25) is 0 Å². The van der Waals surface area contributed by atoms with E-state index in [2.05, 4.69) is 10.3 Å². The second kappa shape index (κ2) is 6.82. The standard InChI is InChI=1S/C13H11ClF2N2O2S/c1-2-20-12(19)7-3-9(15)11(10(16)4-7)17-5-8-6-18-13(14)21-8/h3-4,6,17H,2,5H2,1H3. The summed E-state index contributed by atoms with van der Waals surface area (Å²) in [4.78, 5) is 16.0. The Labute approximate surface area is 128 Å². The highest BCUT2D eigenvalue weighted by Gasteiger charge is 2.16. The molecule has 2 aromatic rings. The molecule has 0 aliphatic carbocycles. The molecule has 0 atom stereocenters. The minimum Gasteiger partial charge on any atom is -0.462 e. The largest absolute Gasteiger partial charge is 0.462 e. The average molecular weight is 333 g/mol. The number of halogens is 3. The number of carbonyl (C=O) groups is 1. The molecule has 0 amide bonds. The van der Waals surface area contributed by atoms with Crippen molar-refractivity contribution in [2.24, 2.45) is 0 Å². The van der Waals surface area contributed by atoms with Gasteiger partial charge in [-0.2, -0.15) is 0 Å². The van der Waals surface area contributed by atoms with Crippen molar-refractivity contribution in [3.8, 4) is 0 Å². The first-order valence-electron chi connectivity index (χ1n) is 6.01. The third-order valence-electron chi connectivity index (χ3n) is 2.52. The minimum atomic E-state index is -0.867. The van der Waals surface area contributed by atoms with Crippen LogP contribution in [0.25, 0.3) is 0 Å². The summed E-state index contributed by atoms with van der Waals surface area (Å²) >= 11 is 6.88. The van der Waals surface area contributed by atoms with Gasteiger partial charge < -0.3 is 10.1 Å². The van der Waals surface area contributed by atoms with Gasteiger partial charge in [0.25, 0.3) is 0 Å². The molecule has 21 heavy (non-hydrogen) atoms. The quantitative estimate of drug-likeness (QED) is 0.845. The van der Waals surface area contributed by atoms with Gasteiger partial charge in [-0.05, 0) is 19.1 Å². The van der Waals surface area contributed by atoms with Crippen molar-refractivity contribution in [2.45, 2.75) is 13.5 Å². The maximum absolute atomic E-state index is 13.9. The fourth-order valence-electron chi connectivity index (χ4n) is 1.62. The molecule has 0 bridgehead atoms. The van der Waals surface area contributed by atoms with Gasteiger partial charge in [-0.3, -0.25) is 0 Å². The van der Waals surface area contributed by atoms with Gasteiger partial charge in [-0.25, -0.2) is 18.6 Å². The predicted octanol–water partition coefficient (Wildman–Crippen LogP) is 3.86. The average Bonchev–Trinajstić information content (AvgIpc) is 2.83. The topological polar surface area (TPSA) is 51.2 Å². The number of rotatable bonds is 5. The molecule has 1 aromatic carbocycles. The van der Waals surface area contributed by atoms with E-state index in [9.17, 15) is 13.6 Å². The number of anilines is 1. The number of benzene rings is 1. The van der Waals surface area contributed by atoms with Gasteiger partial charge in [-0.1, -0.05) is 11.6 Å². The number of aromatic nitrogens is 1. The number of carbonyl (C=O) groups excluding carboxylic acids is 1. The van der Waals surface area contributed by atoms with Crippen LogP contribution in [0.4, 0.5) is 14.5 Å². The number of hydrogen-bond donors (Lipinski definition) is 1. The monoisotopic (exact) mass is 332 g/mol. The van der Waals surface area contributed by atoms with Crippen LogP contribution in [-0.4, -0.2) is 17.6 Å². The Morgan fingerprint density at radius 1 is 1.43 bits per heavy atom. The summed E-state index contributed by atoms with van der Waals surface area (Å²) in [5.41, 5.74) is -0.481. The number of hydrogen-bond acceptors (Lipinski definition) is 5. The van der Waals surface area contributed by atoms with Gasteiger partial charge in [0, 0.05) is 11.1 Å². The molecule has 0 fully saturated rings. The molecule has 0 aliphatic rings. The highest BCUT2D eigenvalue weighted by atomic mass is 35.5. The Hall–Kier alpha value is -1.73. The lowest BCUT2D eigenvalue weighted by molar-refractivity contribution is 0.0525. The molecule has 0 unspecified atom stereocenters. The van der Waals surface area contributed by atoms with E-state index in [1.54, 1.807) is 6.92 Å². The molecule has 1 heterocycles. The predicted molar refractivity (Wildman–Crippen MR) is 76.8 cm³/mol. The van der Waals surface area contributed by atoms with E-state index in [0.717, 1.165) is 17.0 Å². The lowest BCUT2D eigenvalue weighted by atomic mass is 10.2. The summed E-state index contributed by atoms with van der Waals surface area (Å²) in [7, 11) is 0. The van der Waals surface area contributed by atoms with Crippen molar-refractivity contribution >= 4 is 34.6 Å². The summed E-state index contributed by atoms with van der Waals surface area (Å²) in [5, 5.41) is 2.62. The molecule has 112 valence electrons. The van der Waals surface area contributed by atoms with Crippen LogP contribution in [0.15, 0.2) is 18.3 Å². The third-order valence-corrected chi connectivity index (χ3v) is 3.63. The summed E-state index contributed by atoms with van der Waals surface area (Å²) in [6.45, 7) is 1.92. The number of esters is 1. The van der Waals surface area contributed by atoms with Crippen molar-refractivity contribution in [3.63, 3.8) is 0 Å². The Kier molecular flexibility index (Phi) is 5.08. The van der Waals surface area contributed by atoms with Gasteiger partial charge in [-0.15, -0.1) is 11.3 Å². The second-order valence-corrected chi connectivity index (χ2v) is 5.67. The Bertz CT molecular complexity index is 640. The molecule has 8 heteroatoms. The van der Waals surface area contributed by atoms with E-state index in [0.29, 0.717) is 4.47 Å². The van der Waals surface area contributed by atoms with Crippen molar-refractivity contribution < 1.29 is 18.3 Å². The lowest BCUT2D eigenvalue weighted by Gasteiger charge is -2.09. The zero-order valence-corrected chi connectivity index (χ0v) is 12.5. The molecular formula is C13H11ClF2N2O2S. The molecular weight excluding hydrogens is 322 g/mol. The van der Waals surface area contributed by atoms with Crippen LogP contribution in [0.3, 0.4) is 0 Å². The fourth-order valence-corrected chi connectivity index (χ4v) is 2.53. The van der Waals surface area contributed by atoms with Gasteiger partial charge in [0.15, 0.2) is 4.47 Å². The van der Waals surface area contributed by atoms with E-state index in [4.69, 9.17) is 16.3 Å². The number of nitrogens with zero attached hydrogens (tertiary/aromatic N) is 1. The molecule has 0 saturated heterocycles. The first-order chi connectivity index (χ1) is 10.0. The zero-order chi connectivity index (χ0) is 15.4. The summed E-state index contributed by atoms with van der Waals surface area (Å²) in [5.74, 6) is -2.50. The molecule has 0 aliphatic heterocycles. The van der Waals surface area contributed by atoms with Crippen molar-refractivity contribution in [1.29, 1.82) is 0 Å². The van der Waals surface area contributed by atoms with Crippen molar-refractivity contribution in [1.82, 2.24) is 4.98 Å². The van der Waals surface area contributed by atoms with Crippen LogP contribution in [-0.2, 0) is 11.3 Å². The summed E-state index contributed by atoms with van der Waals surface area (Å²) < 4.78 is 32.8. The first kappa shape index (κ1) is 15.7. The SMILES string of the molecule is CCOC(=O)c1cc(F)c(NCc2cnc(Cl)s2)c(F)c1. The Balaban J connectivity index is 2.15. The van der Waals surface area contributed by atoms with E-state index >= 15 is 0 Å². The van der Waals surface area contributed by atoms with Crippen molar-refractivity contribution in [2.75, 3.05) is 11.9 Å². The van der Waals surface area contributed by atoms with Crippen LogP contribution >= 0.6 is 22.9 Å². The molecule has 0 saturated carbocycles. The third kappa shape index (κ3) is 3.89. The summed E-state index contributed by atoms with van der Waals surface area (Å²) in [6, 6.07) is 1.87. The highest BCUT2D eigenvalue weighted by Crippen LogP contribution is 2.24. The van der Waals surface area contributed by atoms with Crippen LogP contribution in [0.5, 0.6) is 0 Å². The lowest BCUT2D eigenvalue weighted by Crippen LogP contribution is -2.08. The molecule has 0 radical (unpaired) electrons.